The Kier molecular flexibility index (Phi) is 3.73. The van der Waals surface area contributed by atoms with Gasteiger partial charge in [-0.25, -0.2) is 9.48 Å². The lowest BCUT2D eigenvalue weighted by atomic mass is 10.1. The van der Waals surface area contributed by atoms with Crippen LogP contribution in [0.25, 0.3) is 0 Å². The average Bonchev–Trinajstić information content (AvgIpc) is 2.43. The smallest absolute Gasteiger partial charge is 0.339 e. The van der Waals surface area contributed by atoms with E-state index >= 15 is 0 Å². The van der Waals surface area contributed by atoms with Crippen LogP contribution in [0.15, 0.2) is 38.3 Å². The number of aryl methyl sites for hydroxylation is 2. The van der Waals surface area contributed by atoms with Crippen molar-refractivity contribution in [1.29, 1.82) is 0 Å². The highest BCUT2D eigenvalue weighted by molar-refractivity contribution is 5.92. The molecule has 0 bridgehead atoms. The number of carbonyl (C=O) groups is 1. The fourth-order valence-electron chi connectivity index (χ4n) is 2.29. The Labute approximate surface area is 130 Å². The maximum Gasteiger partial charge on any atom is 0.339 e. The lowest BCUT2D eigenvalue weighted by Crippen LogP contribution is -2.56. The Bertz CT molecular complexity index is 864. The van der Waals surface area contributed by atoms with Crippen LogP contribution in [0.5, 0.6) is 5.75 Å². The van der Waals surface area contributed by atoms with E-state index in [9.17, 15) is 14.4 Å². The van der Waals surface area contributed by atoms with Gasteiger partial charge in [-0.15, -0.1) is 0 Å². The average molecular weight is 317 g/mol. The number of amides is 1. The van der Waals surface area contributed by atoms with Gasteiger partial charge in [-0.1, -0.05) is 0 Å². The molecule has 8 heteroatoms. The third-order valence-electron chi connectivity index (χ3n) is 3.48. The molecule has 0 aliphatic carbocycles. The Morgan fingerprint density at radius 2 is 2.04 bits per heavy atom. The molecule has 3 rings (SSSR count). The second kappa shape index (κ2) is 5.71. The Morgan fingerprint density at radius 1 is 1.30 bits per heavy atom. The molecule has 0 unspecified atom stereocenters. The number of likely N-dealkylation sites (tertiary alicyclic amines) is 1. The van der Waals surface area contributed by atoms with Gasteiger partial charge in [0.2, 0.25) is 0 Å². The van der Waals surface area contributed by atoms with Crippen LogP contribution in [-0.2, 0) is 7.05 Å². The largest absolute Gasteiger partial charge is 0.486 e. The molecule has 1 aliphatic rings. The molecular weight excluding hydrogens is 302 g/mol. The molecule has 8 nitrogen and oxygen atoms in total. The minimum atomic E-state index is -0.471. The second-order valence-electron chi connectivity index (χ2n) is 5.35. The van der Waals surface area contributed by atoms with Crippen molar-refractivity contribution in [3.63, 3.8) is 0 Å². The molecule has 120 valence electrons. The number of carbonyl (C=O) groups excluding carboxylic acids is 1. The highest BCUT2D eigenvalue weighted by Crippen LogP contribution is 2.19. The molecule has 23 heavy (non-hydrogen) atoms. The first-order valence-corrected chi connectivity index (χ1v) is 7.04. The van der Waals surface area contributed by atoms with Gasteiger partial charge in [0, 0.05) is 19.2 Å². The highest BCUT2D eigenvalue weighted by atomic mass is 16.5. The summed E-state index contributed by atoms with van der Waals surface area (Å²) in [5.74, 6) is 0.634. The molecule has 0 saturated carbocycles. The van der Waals surface area contributed by atoms with Crippen molar-refractivity contribution in [2.45, 2.75) is 13.0 Å². The van der Waals surface area contributed by atoms with Gasteiger partial charge in [-0.3, -0.25) is 9.59 Å². The van der Waals surface area contributed by atoms with Gasteiger partial charge < -0.3 is 14.1 Å². The van der Waals surface area contributed by atoms with Gasteiger partial charge in [0.05, 0.1) is 19.2 Å². The summed E-state index contributed by atoms with van der Waals surface area (Å²) in [6.07, 6.45) is -0.187. The van der Waals surface area contributed by atoms with E-state index in [2.05, 4.69) is 5.10 Å². The van der Waals surface area contributed by atoms with E-state index in [1.54, 1.807) is 17.9 Å². The quantitative estimate of drug-likeness (QED) is 0.787. The third kappa shape index (κ3) is 3.15. The van der Waals surface area contributed by atoms with Crippen molar-refractivity contribution in [3.8, 4) is 5.75 Å². The summed E-state index contributed by atoms with van der Waals surface area (Å²) in [5, 5.41) is 3.93. The first-order chi connectivity index (χ1) is 10.9. The van der Waals surface area contributed by atoms with Crippen LogP contribution in [-0.4, -0.2) is 39.8 Å². The van der Waals surface area contributed by atoms with Crippen molar-refractivity contribution in [3.05, 3.63) is 56.5 Å². The maximum atomic E-state index is 12.2. The minimum absolute atomic E-state index is 0.187. The van der Waals surface area contributed by atoms with E-state index in [0.29, 0.717) is 24.6 Å². The van der Waals surface area contributed by atoms with Crippen molar-refractivity contribution in [2.75, 3.05) is 13.1 Å². The molecule has 1 fully saturated rings. The zero-order valence-corrected chi connectivity index (χ0v) is 12.7. The molecule has 2 aromatic heterocycles. The number of rotatable bonds is 3. The van der Waals surface area contributed by atoms with Crippen molar-refractivity contribution in [1.82, 2.24) is 14.7 Å². The second-order valence-corrected chi connectivity index (χ2v) is 5.35. The molecule has 0 N–H and O–H groups in total. The first kappa shape index (κ1) is 15.0. The summed E-state index contributed by atoms with van der Waals surface area (Å²) < 4.78 is 11.6. The van der Waals surface area contributed by atoms with Gasteiger partial charge in [-0.2, -0.15) is 5.10 Å². The normalized spacial score (nSPS) is 14.4. The van der Waals surface area contributed by atoms with E-state index in [4.69, 9.17) is 9.15 Å². The summed E-state index contributed by atoms with van der Waals surface area (Å²) in [7, 11) is 1.49. The van der Waals surface area contributed by atoms with Crippen molar-refractivity contribution in [2.24, 2.45) is 7.05 Å². The topological polar surface area (TPSA) is 94.6 Å². The number of hydrogen-bond donors (Lipinski definition) is 0. The predicted molar refractivity (Wildman–Crippen MR) is 79.5 cm³/mol. The van der Waals surface area contributed by atoms with E-state index < -0.39 is 5.63 Å². The predicted octanol–water partition coefficient (Wildman–Crippen LogP) is -0.0547. The fraction of sp³-hybridized carbons (Fsp3) is 0.333. The third-order valence-corrected chi connectivity index (χ3v) is 3.48. The molecule has 0 atom stereocenters. The zero-order chi connectivity index (χ0) is 16.6. The Hall–Kier alpha value is -2.90. The van der Waals surface area contributed by atoms with Crippen LogP contribution in [0.4, 0.5) is 0 Å². The zero-order valence-electron chi connectivity index (χ0n) is 12.7. The van der Waals surface area contributed by atoms with E-state index in [1.807, 2.05) is 0 Å². The molecular formula is C15H15N3O5. The van der Waals surface area contributed by atoms with Crippen LogP contribution in [0, 0.1) is 6.92 Å². The minimum Gasteiger partial charge on any atom is -0.486 e. The number of nitrogens with zero attached hydrogens (tertiary/aromatic N) is 3. The molecule has 1 aliphatic heterocycles. The summed E-state index contributed by atoms with van der Waals surface area (Å²) in [6.45, 7) is 2.45. The van der Waals surface area contributed by atoms with E-state index in [0.717, 1.165) is 4.68 Å². The van der Waals surface area contributed by atoms with Gasteiger partial charge >= 0.3 is 5.63 Å². The molecule has 3 heterocycles. The maximum absolute atomic E-state index is 12.2. The number of hydrogen-bond acceptors (Lipinski definition) is 6. The van der Waals surface area contributed by atoms with Crippen LogP contribution >= 0.6 is 0 Å². The molecule has 2 aromatic rings. The van der Waals surface area contributed by atoms with Gasteiger partial charge in [0.25, 0.3) is 11.5 Å². The van der Waals surface area contributed by atoms with Crippen LogP contribution < -0.4 is 15.9 Å². The summed E-state index contributed by atoms with van der Waals surface area (Å²) in [4.78, 5) is 36.3. The molecule has 1 amide bonds. The lowest BCUT2D eigenvalue weighted by Gasteiger charge is -2.38. The number of aromatic nitrogens is 2. The molecule has 0 aromatic carbocycles. The van der Waals surface area contributed by atoms with E-state index in [-0.39, 0.29) is 23.3 Å². The van der Waals surface area contributed by atoms with Gasteiger partial charge in [0.15, 0.2) is 0 Å². The monoisotopic (exact) mass is 317 g/mol. The van der Waals surface area contributed by atoms with Crippen molar-refractivity contribution < 1.29 is 13.9 Å². The molecule has 0 spiro atoms. The highest BCUT2D eigenvalue weighted by Gasteiger charge is 2.33. The summed E-state index contributed by atoms with van der Waals surface area (Å²) >= 11 is 0. The first-order valence-electron chi connectivity index (χ1n) is 7.04. The van der Waals surface area contributed by atoms with Crippen LogP contribution in [0.2, 0.25) is 0 Å². The van der Waals surface area contributed by atoms with Crippen molar-refractivity contribution >= 4 is 5.91 Å². The van der Waals surface area contributed by atoms with E-state index in [1.165, 1.54) is 25.2 Å². The molecule has 1 saturated heterocycles. The lowest BCUT2D eigenvalue weighted by molar-refractivity contribution is 0.0168. The summed E-state index contributed by atoms with van der Waals surface area (Å²) in [5.41, 5.74) is -0.534. The SMILES string of the molecule is Cc1cc(OC2CN(C(=O)c3ccc(=O)n(C)n3)C2)cc(=O)o1. The van der Waals surface area contributed by atoms with Crippen LogP contribution in [0.3, 0.4) is 0 Å². The number of ether oxygens (including phenoxy) is 1. The fourth-order valence-corrected chi connectivity index (χ4v) is 2.29. The Balaban J connectivity index is 1.62. The van der Waals surface area contributed by atoms with Crippen LogP contribution in [0.1, 0.15) is 16.2 Å². The Morgan fingerprint density at radius 3 is 2.70 bits per heavy atom. The standard InChI is InChI=1S/C15H15N3O5/c1-9-5-10(6-14(20)22-9)23-11-7-18(8-11)15(21)12-3-4-13(19)17(2)16-12/h3-6,11H,7-8H2,1-2H3. The van der Waals surface area contributed by atoms with Gasteiger partial charge in [0.1, 0.15) is 23.3 Å². The van der Waals surface area contributed by atoms with Gasteiger partial charge in [-0.05, 0) is 13.0 Å². The molecule has 0 radical (unpaired) electrons. The summed E-state index contributed by atoms with van der Waals surface area (Å²) in [6, 6.07) is 5.61.